The molecule has 0 fully saturated rings. The van der Waals surface area contributed by atoms with Crippen molar-refractivity contribution < 1.29 is 0 Å². The monoisotopic (exact) mass is 402 g/mol. The van der Waals surface area contributed by atoms with Crippen molar-refractivity contribution in [3.63, 3.8) is 0 Å². The molecule has 29 heavy (non-hydrogen) atoms. The van der Waals surface area contributed by atoms with E-state index in [9.17, 15) is 0 Å². The van der Waals surface area contributed by atoms with Crippen molar-refractivity contribution in [1.29, 1.82) is 0 Å². The Balaban J connectivity index is 1.30. The van der Waals surface area contributed by atoms with Crippen molar-refractivity contribution in [2.24, 2.45) is 0 Å². The molecule has 2 N–H and O–H groups in total. The summed E-state index contributed by atoms with van der Waals surface area (Å²) in [5.74, 6) is 1.39. The third-order valence-electron chi connectivity index (χ3n) is 4.75. The van der Waals surface area contributed by atoms with Crippen LogP contribution in [-0.4, -0.2) is 41.7 Å². The molecule has 5 aromatic rings. The minimum Gasteiger partial charge on any atom is -0.368 e. The number of thiophene rings is 1. The van der Waals surface area contributed by atoms with E-state index in [4.69, 9.17) is 0 Å². The lowest BCUT2D eigenvalue weighted by molar-refractivity contribution is 0.733. The first-order chi connectivity index (χ1) is 14.3. The van der Waals surface area contributed by atoms with Gasteiger partial charge in [0, 0.05) is 30.4 Å². The molecule has 5 rings (SSSR count). The Kier molecular flexibility index (Phi) is 4.49. The van der Waals surface area contributed by atoms with E-state index >= 15 is 0 Å². The van der Waals surface area contributed by atoms with Crippen molar-refractivity contribution in [3.8, 4) is 21.3 Å². The first-order valence-electron chi connectivity index (χ1n) is 9.23. The van der Waals surface area contributed by atoms with Gasteiger partial charge in [0.25, 0.3) is 0 Å². The number of aryl methyl sites for hydroxylation is 1. The fourth-order valence-corrected chi connectivity index (χ4v) is 4.29. The number of fused-ring (bicyclic) bond motifs is 1. The summed E-state index contributed by atoms with van der Waals surface area (Å²) >= 11 is 1.57. The number of rotatable bonds is 6. The predicted octanol–water partition coefficient (Wildman–Crippen LogP) is 3.76. The highest BCUT2D eigenvalue weighted by Gasteiger charge is 2.10. The zero-order valence-corrected chi connectivity index (χ0v) is 16.5. The van der Waals surface area contributed by atoms with E-state index in [1.807, 2.05) is 18.2 Å². The van der Waals surface area contributed by atoms with Crippen molar-refractivity contribution >= 4 is 28.1 Å². The van der Waals surface area contributed by atoms with E-state index in [2.05, 4.69) is 77.7 Å². The molecule has 0 aliphatic carbocycles. The van der Waals surface area contributed by atoms with Crippen molar-refractivity contribution in [1.82, 2.24) is 35.2 Å². The van der Waals surface area contributed by atoms with Crippen LogP contribution in [0.15, 0.2) is 54.9 Å². The highest BCUT2D eigenvalue weighted by atomic mass is 32.1. The van der Waals surface area contributed by atoms with Gasteiger partial charge in [-0.15, -0.1) is 21.5 Å². The molecule has 9 heteroatoms. The molecule has 0 aliphatic heterocycles. The Labute approximate surface area is 170 Å². The number of anilines is 1. The van der Waals surface area contributed by atoms with Crippen LogP contribution in [0.3, 0.4) is 0 Å². The van der Waals surface area contributed by atoms with Crippen LogP contribution < -0.4 is 5.32 Å². The van der Waals surface area contributed by atoms with Gasteiger partial charge in [-0.25, -0.2) is 9.97 Å². The maximum atomic E-state index is 4.41. The molecule has 0 bridgehead atoms. The number of benzene rings is 1. The number of aromatic amines is 1. The number of nitrogens with one attached hydrogen (secondary N) is 2. The van der Waals surface area contributed by atoms with E-state index < -0.39 is 0 Å². The van der Waals surface area contributed by atoms with E-state index in [1.54, 1.807) is 17.7 Å². The number of para-hydroxylation sites is 1. The Morgan fingerprint density at radius 1 is 1.07 bits per heavy atom. The first-order valence-corrected chi connectivity index (χ1v) is 10.0. The van der Waals surface area contributed by atoms with Gasteiger partial charge < -0.3 is 9.88 Å². The van der Waals surface area contributed by atoms with Crippen LogP contribution >= 0.6 is 11.3 Å². The molecular weight excluding hydrogens is 384 g/mol. The Morgan fingerprint density at radius 2 is 1.97 bits per heavy atom. The van der Waals surface area contributed by atoms with Crippen molar-refractivity contribution in [3.05, 3.63) is 60.6 Å². The summed E-state index contributed by atoms with van der Waals surface area (Å²) in [6, 6.07) is 16.6. The molecule has 4 heterocycles. The predicted molar refractivity (Wildman–Crippen MR) is 114 cm³/mol. The smallest absolute Gasteiger partial charge is 0.214 e. The molecule has 0 saturated heterocycles. The normalized spacial score (nSPS) is 11.2. The van der Waals surface area contributed by atoms with Crippen LogP contribution in [-0.2, 0) is 6.54 Å². The highest BCUT2D eigenvalue weighted by Crippen LogP contribution is 2.32. The second-order valence-electron chi connectivity index (χ2n) is 6.61. The summed E-state index contributed by atoms with van der Waals surface area (Å²) < 4.78 is 2.32. The van der Waals surface area contributed by atoms with E-state index in [1.165, 1.54) is 16.6 Å². The standard InChI is InChI=1S/C20H18N8S/c1-13-10-14-4-2-3-5-16(14)28(13)9-8-21-19-11-15(22-12-23-19)17-6-7-18(29-17)20-24-26-27-25-20/h2-7,10-12H,8-9H2,1H3,(H,21,22,23)(H,24,25,26,27). The van der Waals surface area contributed by atoms with E-state index in [0.717, 1.165) is 34.4 Å². The Hall–Kier alpha value is -3.59. The molecule has 8 nitrogen and oxygen atoms in total. The van der Waals surface area contributed by atoms with Crippen LogP contribution in [0.2, 0.25) is 0 Å². The molecule has 0 atom stereocenters. The maximum absolute atomic E-state index is 4.41. The molecule has 0 aliphatic rings. The second-order valence-corrected chi connectivity index (χ2v) is 7.69. The van der Waals surface area contributed by atoms with Gasteiger partial charge in [0.05, 0.1) is 15.4 Å². The molecule has 144 valence electrons. The van der Waals surface area contributed by atoms with Gasteiger partial charge in [0.15, 0.2) is 0 Å². The highest BCUT2D eigenvalue weighted by molar-refractivity contribution is 7.18. The van der Waals surface area contributed by atoms with Crippen LogP contribution in [0.25, 0.3) is 32.2 Å². The number of hydrogen-bond acceptors (Lipinski definition) is 7. The van der Waals surface area contributed by atoms with E-state index in [-0.39, 0.29) is 0 Å². The van der Waals surface area contributed by atoms with Crippen molar-refractivity contribution in [2.45, 2.75) is 13.5 Å². The second kappa shape index (κ2) is 7.44. The average molecular weight is 402 g/mol. The minimum absolute atomic E-state index is 0.586. The molecule has 4 aromatic heterocycles. The van der Waals surface area contributed by atoms with Gasteiger partial charge in [-0.2, -0.15) is 5.21 Å². The van der Waals surface area contributed by atoms with Crippen LogP contribution in [0.5, 0.6) is 0 Å². The van der Waals surface area contributed by atoms with Gasteiger partial charge in [0.1, 0.15) is 12.1 Å². The lowest BCUT2D eigenvalue weighted by Crippen LogP contribution is -2.12. The first kappa shape index (κ1) is 17.5. The molecule has 0 spiro atoms. The summed E-state index contributed by atoms with van der Waals surface area (Å²) in [7, 11) is 0. The number of aromatic nitrogens is 7. The zero-order valence-electron chi connectivity index (χ0n) is 15.7. The third-order valence-corrected chi connectivity index (χ3v) is 5.85. The topological polar surface area (TPSA) is 97.2 Å². The van der Waals surface area contributed by atoms with Crippen LogP contribution in [0.1, 0.15) is 5.69 Å². The molecule has 0 amide bonds. The molecule has 1 aromatic carbocycles. The van der Waals surface area contributed by atoms with Gasteiger partial charge in [-0.05, 0) is 41.8 Å². The lowest BCUT2D eigenvalue weighted by atomic mass is 10.2. The largest absolute Gasteiger partial charge is 0.368 e. The number of nitrogens with zero attached hydrogens (tertiary/aromatic N) is 6. The number of hydrogen-bond donors (Lipinski definition) is 2. The summed E-state index contributed by atoms with van der Waals surface area (Å²) in [5.41, 5.74) is 3.37. The van der Waals surface area contributed by atoms with E-state index in [0.29, 0.717) is 5.82 Å². The SMILES string of the molecule is Cc1cc2ccccc2n1CCNc1cc(-c2ccc(-c3nn[nH]n3)s2)ncn1. The quantitative estimate of drug-likeness (QED) is 0.449. The fraction of sp³-hybridized carbons (Fsp3) is 0.150. The van der Waals surface area contributed by atoms with Gasteiger partial charge in [0.2, 0.25) is 5.82 Å². The van der Waals surface area contributed by atoms with Crippen molar-refractivity contribution in [2.75, 3.05) is 11.9 Å². The minimum atomic E-state index is 0.586. The Bertz CT molecular complexity index is 1250. The summed E-state index contributed by atoms with van der Waals surface area (Å²) in [4.78, 5) is 10.7. The van der Waals surface area contributed by atoms with Gasteiger partial charge in [-0.1, -0.05) is 18.2 Å². The Morgan fingerprint density at radius 3 is 2.86 bits per heavy atom. The average Bonchev–Trinajstić information content (AvgIpc) is 3.48. The van der Waals surface area contributed by atoms with Gasteiger partial charge in [-0.3, -0.25) is 0 Å². The van der Waals surface area contributed by atoms with Crippen LogP contribution in [0.4, 0.5) is 5.82 Å². The lowest BCUT2D eigenvalue weighted by Gasteiger charge is -2.10. The number of H-pyrrole nitrogens is 1. The molecule has 0 radical (unpaired) electrons. The maximum Gasteiger partial charge on any atom is 0.214 e. The fourth-order valence-electron chi connectivity index (χ4n) is 3.39. The summed E-state index contributed by atoms with van der Waals surface area (Å²) in [6.45, 7) is 3.77. The van der Waals surface area contributed by atoms with Gasteiger partial charge >= 0.3 is 0 Å². The third kappa shape index (κ3) is 3.47. The van der Waals surface area contributed by atoms with Crippen LogP contribution in [0, 0.1) is 6.92 Å². The summed E-state index contributed by atoms with van der Waals surface area (Å²) in [5, 5.41) is 18.8. The number of tetrazole rings is 1. The summed E-state index contributed by atoms with van der Waals surface area (Å²) in [6.07, 6.45) is 1.59. The zero-order chi connectivity index (χ0) is 19.6. The molecule has 0 unspecified atom stereocenters. The molecular formula is C20H18N8S. The molecule has 0 saturated carbocycles.